The molecule has 0 aromatic rings. The van der Waals surface area contributed by atoms with Crippen molar-refractivity contribution >= 4 is 5.78 Å². The first-order chi connectivity index (χ1) is 7.86. The lowest BCUT2D eigenvalue weighted by Crippen LogP contribution is -2.36. The highest BCUT2D eigenvalue weighted by molar-refractivity contribution is 5.96. The van der Waals surface area contributed by atoms with Gasteiger partial charge in [0.25, 0.3) is 0 Å². The Morgan fingerprint density at radius 2 is 2.12 bits per heavy atom. The zero-order valence-corrected chi connectivity index (χ0v) is 12.0. The maximum absolute atomic E-state index is 12.2. The predicted molar refractivity (Wildman–Crippen MR) is 72.8 cm³/mol. The van der Waals surface area contributed by atoms with Crippen molar-refractivity contribution in [2.24, 2.45) is 11.3 Å². The molecule has 1 aliphatic rings. The van der Waals surface area contributed by atoms with E-state index in [1.807, 2.05) is 0 Å². The highest BCUT2D eigenvalue weighted by atomic mass is 16.1. The van der Waals surface area contributed by atoms with Crippen LogP contribution in [0.2, 0.25) is 0 Å². The molecule has 0 unspecified atom stereocenters. The minimum atomic E-state index is 0.0553. The Balaban J connectivity index is 2.85. The summed E-state index contributed by atoms with van der Waals surface area (Å²) in [7, 11) is 0. The second kappa shape index (κ2) is 5.70. The van der Waals surface area contributed by atoms with Crippen molar-refractivity contribution < 1.29 is 4.79 Å². The minimum Gasteiger partial charge on any atom is -0.377 e. The Morgan fingerprint density at radius 3 is 2.65 bits per heavy atom. The fourth-order valence-electron chi connectivity index (χ4n) is 2.40. The molecule has 17 heavy (non-hydrogen) atoms. The second-order valence-corrected chi connectivity index (χ2v) is 6.24. The molecule has 0 saturated carbocycles. The normalized spacial score (nSPS) is 19.4. The van der Waals surface area contributed by atoms with E-state index in [0.717, 1.165) is 31.5 Å². The van der Waals surface area contributed by atoms with Crippen molar-refractivity contribution in [1.82, 2.24) is 4.90 Å². The lowest BCUT2D eigenvalue weighted by Gasteiger charge is -2.37. The van der Waals surface area contributed by atoms with Crippen LogP contribution in [0.4, 0.5) is 0 Å². The molecule has 0 fully saturated rings. The van der Waals surface area contributed by atoms with Gasteiger partial charge in [-0.05, 0) is 24.2 Å². The molecular formula is C15H27NO. The summed E-state index contributed by atoms with van der Waals surface area (Å²) in [5.74, 6) is 0.987. The van der Waals surface area contributed by atoms with Crippen LogP contribution < -0.4 is 0 Å². The van der Waals surface area contributed by atoms with Gasteiger partial charge in [-0.25, -0.2) is 0 Å². The fraction of sp³-hybridized carbons (Fsp3) is 0.800. The number of hydrogen-bond donors (Lipinski definition) is 0. The SMILES string of the molecule is CCCC(=O)C1=CN(CC(C)C)CCC1(C)C. The van der Waals surface area contributed by atoms with Crippen LogP contribution in [0.3, 0.4) is 0 Å². The summed E-state index contributed by atoms with van der Waals surface area (Å²) in [6.07, 6.45) is 4.84. The molecule has 2 heteroatoms. The predicted octanol–water partition coefficient (Wildman–Crippen LogP) is 3.63. The summed E-state index contributed by atoms with van der Waals surface area (Å²) >= 11 is 0. The van der Waals surface area contributed by atoms with Gasteiger partial charge in [-0.2, -0.15) is 0 Å². The fourth-order valence-corrected chi connectivity index (χ4v) is 2.40. The van der Waals surface area contributed by atoms with Gasteiger partial charge in [-0.15, -0.1) is 0 Å². The molecule has 0 aliphatic carbocycles. The first kappa shape index (κ1) is 14.3. The molecule has 0 aromatic carbocycles. The molecule has 0 saturated heterocycles. The third kappa shape index (κ3) is 3.86. The first-order valence-electron chi connectivity index (χ1n) is 6.86. The van der Waals surface area contributed by atoms with Crippen molar-refractivity contribution in [3.8, 4) is 0 Å². The van der Waals surface area contributed by atoms with Gasteiger partial charge in [0, 0.05) is 31.3 Å². The first-order valence-corrected chi connectivity index (χ1v) is 6.86. The average Bonchev–Trinajstić information content (AvgIpc) is 2.20. The highest BCUT2D eigenvalue weighted by Crippen LogP contribution is 2.35. The highest BCUT2D eigenvalue weighted by Gasteiger charge is 2.32. The van der Waals surface area contributed by atoms with Gasteiger partial charge >= 0.3 is 0 Å². The molecule has 2 nitrogen and oxygen atoms in total. The molecular weight excluding hydrogens is 210 g/mol. The van der Waals surface area contributed by atoms with Crippen LogP contribution in [0, 0.1) is 11.3 Å². The van der Waals surface area contributed by atoms with E-state index in [-0.39, 0.29) is 5.41 Å². The number of ketones is 1. The summed E-state index contributed by atoms with van der Waals surface area (Å²) in [6.45, 7) is 13.0. The van der Waals surface area contributed by atoms with E-state index in [2.05, 4.69) is 45.7 Å². The summed E-state index contributed by atoms with van der Waals surface area (Å²) in [4.78, 5) is 14.5. The molecule has 1 aliphatic heterocycles. The number of Topliss-reactive ketones (excluding diaryl/α,β-unsaturated/α-hetero) is 1. The van der Waals surface area contributed by atoms with Crippen molar-refractivity contribution in [2.45, 2.75) is 53.9 Å². The summed E-state index contributed by atoms with van der Waals surface area (Å²) in [5.41, 5.74) is 1.09. The van der Waals surface area contributed by atoms with Gasteiger partial charge in [0.05, 0.1) is 0 Å². The van der Waals surface area contributed by atoms with Crippen LogP contribution in [0.15, 0.2) is 11.8 Å². The van der Waals surface area contributed by atoms with Gasteiger partial charge < -0.3 is 4.90 Å². The van der Waals surface area contributed by atoms with E-state index in [4.69, 9.17) is 0 Å². The average molecular weight is 237 g/mol. The summed E-state index contributed by atoms with van der Waals surface area (Å²) in [5, 5.41) is 0. The van der Waals surface area contributed by atoms with Crippen LogP contribution in [0.25, 0.3) is 0 Å². The van der Waals surface area contributed by atoms with Crippen molar-refractivity contribution in [2.75, 3.05) is 13.1 Å². The van der Waals surface area contributed by atoms with Crippen LogP contribution in [-0.4, -0.2) is 23.8 Å². The zero-order chi connectivity index (χ0) is 13.1. The van der Waals surface area contributed by atoms with Crippen molar-refractivity contribution in [3.05, 3.63) is 11.8 Å². The molecule has 0 atom stereocenters. The maximum atomic E-state index is 12.2. The molecule has 0 spiro atoms. The Hall–Kier alpha value is -0.790. The van der Waals surface area contributed by atoms with Gasteiger partial charge in [-0.3, -0.25) is 4.79 Å². The number of allylic oxidation sites excluding steroid dienone is 1. The van der Waals surface area contributed by atoms with Crippen molar-refractivity contribution in [1.29, 1.82) is 0 Å². The topological polar surface area (TPSA) is 20.3 Å². The van der Waals surface area contributed by atoms with Gasteiger partial charge in [0.2, 0.25) is 0 Å². The molecule has 1 heterocycles. The maximum Gasteiger partial charge on any atom is 0.160 e. The number of nitrogens with zero attached hydrogens (tertiary/aromatic N) is 1. The lowest BCUT2D eigenvalue weighted by atomic mass is 9.76. The smallest absolute Gasteiger partial charge is 0.160 e. The number of rotatable bonds is 5. The lowest BCUT2D eigenvalue weighted by molar-refractivity contribution is -0.116. The van der Waals surface area contributed by atoms with E-state index < -0.39 is 0 Å². The summed E-state index contributed by atoms with van der Waals surface area (Å²) in [6, 6.07) is 0. The van der Waals surface area contributed by atoms with Gasteiger partial charge in [0.15, 0.2) is 5.78 Å². The van der Waals surface area contributed by atoms with Crippen LogP contribution in [0.1, 0.15) is 53.9 Å². The Labute approximate surface area is 106 Å². The molecule has 0 bridgehead atoms. The van der Waals surface area contributed by atoms with E-state index in [1.165, 1.54) is 0 Å². The number of hydrogen-bond acceptors (Lipinski definition) is 2. The zero-order valence-electron chi connectivity index (χ0n) is 12.0. The van der Waals surface area contributed by atoms with Crippen LogP contribution in [-0.2, 0) is 4.79 Å². The Kier molecular flexibility index (Phi) is 4.79. The van der Waals surface area contributed by atoms with Crippen LogP contribution in [0.5, 0.6) is 0 Å². The van der Waals surface area contributed by atoms with E-state index in [9.17, 15) is 4.79 Å². The monoisotopic (exact) mass is 237 g/mol. The van der Waals surface area contributed by atoms with E-state index in [1.54, 1.807) is 0 Å². The van der Waals surface area contributed by atoms with Gasteiger partial charge in [-0.1, -0.05) is 34.6 Å². The molecule has 1 rings (SSSR count). The standard InChI is InChI=1S/C15H27NO/c1-6-7-14(17)13-11-16(10-12(2)3)9-8-15(13,4)5/h11-12H,6-10H2,1-5H3. The molecule has 98 valence electrons. The largest absolute Gasteiger partial charge is 0.377 e. The number of carbonyl (C=O) groups is 1. The van der Waals surface area contributed by atoms with E-state index >= 15 is 0 Å². The molecule has 0 amide bonds. The minimum absolute atomic E-state index is 0.0553. The van der Waals surface area contributed by atoms with Gasteiger partial charge in [0.1, 0.15) is 0 Å². The molecule has 0 radical (unpaired) electrons. The Morgan fingerprint density at radius 1 is 1.47 bits per heavy atom. The molecule has 0 aromatic heterocycles. The van der Waals surface area contributed by atoms with Crippen molar-refractivity contribution in [3.63, 3.8) is 0 Å². The quantitative estimate of drug-likeness (QED) is 0.728. The third-order valence-corrected chi connectivity index (χ3v) is 3.44. The molecule has 0 N–H and O–H groups in total. The van der Waals surface area contributed by atoms with E-state index in [0.29, 0.717) is 18.1 Å². The number of carbonyl (C=O) groups excluding carboxylic acids is 1. The van der Waals surface area contributed by atoms with Crippen LogP contribution >= 0.6 is 0 Å². The third-order valence-electron chi connectivity index (χ3n) is 3.44. The second-order valence-electron chi connectivity index (χ2n) is 6.24. The summed E-state index contributed by atoms with van der Waals surface area (Å²) < 4.78 is 0. The Bertz CT molecular complexity index is 302.